The molecule has 4 aromatic rings. The van der Waals surface area contributed by atoms with E-state index in [9.17, 15) is 0 Å². The molecule has 2 aromatic heterocycles. The van der Waals surface area contributed by atoms with Crippen LogP contribution in [0.5, 0.6) is 0 Å². The Morgan fingerprint density at radius 3 is 1.94 bits per heavy atom. The van der Waals surface area contributed by atoms with E-state index >= 15 is 0 Å². The number of hydrogen-bond acceptors (Lipinski definition) is 4. The van der Waals surface area contributed by atoms with E-state index < -0.39 is 0 Å². The lowest BCUT2D eigenvalue weighted by molar-refractivity contribution is 0.258. The molecule has 4 unspecified atom stereocenters. The minimum atomic E-state index is -0.303. The van der Waals surface area contributed by atoms with E-state index in [1.54, 1.807) is 22.3 Å². The molecule has 0 amide bonds. The number of allylic oxidation sites excluding steroid dienone is 5. The Morgan fingerprint density at radius 2 is 1.35 bits per heavy atom. The van der Waals surface area contributed by atoms with Gasteiger partial charge in [0.2, 0.25) is 0 Å². The van der Waals surface area contributed by atoms with Gasteiger partial charge >= 0.3 is 0 Å². The third kappa shape index (κ3) is 7.94. The average Bonchev–Trinajstić information content (AvgIpc) is 4.08. The lowest BCUT2D eigenvalue weighted by atomic mass is 9.62. The molecular formula is C58H74N2S2. The van der Waals surface area contributed by atoms with Gasteiger partial charge in [0, 0.05) is 47.9 Å². The predicted octanol–water partition coefficient (Wildman–Crippen LogP) is 16.7. The van der Waals surface area contributed by atoms with Crippen molar-refractivity contribution in [2.45, 2.75) is 181 Å². The summed E-state index contributed by atoms with van der Waals surface area (Å²) in [6, 6.07) is 19.5. The SMILES string of the molecule is CCCCC(CC)CC1(CC(CC)CCCC)C2=CC(C(C)C)=CC3C=Cc4cc(-c5ccc(-c6ccc(-c7ccc(C(C)(C)C)s7)c7c6=NC6(CCCCC6)N=7)s5)cc1c4C23. The van der Waals surface area contributed by atoms with Crippen molar-refractivity contribution in [2.75, 3.05) is 0 Å². The number of hydrogen-bond donors (Lipinski definition) is 0. The van der Waals surface area contributed by atoms with Crippen molar-refractivity contribution in [3.05, 3.63) is 110 Å². The van der Waals surface area contributed by atoms with Gasteiger partial charge in [-0.3, -0.25) is 9.98 Å². The second-order valence-corrected chi connectivity index (χ2v) is 23.6. The molecule has 2 aromatic carbocycles. The summed E-state index contributed by atoms with van der Waals surface area (Å²) in [5.74, 6) is 2.90. The Kier molecular flexibility index (Phi) is 12.4. The zero-order valence-corrected chi connectivity index (χ0v) is 41.3. The molecule has 1 spiro atoms. The monoisotopic (exact) mass is 863 g/mol. The van der Waals surface area contributed by atoms with Crippen molar-refractivity contribution in [3.8, 4) is 31.3 Å². The molecule has 62 heavy (non-hydrogen) atoms. The number of unbranched alkanes of at least 4 members (excludes halogenated alkanes) is 2. The van der Waals surface area contributed by atoms with Crippen LogP contribution in [0.15, 0.2) is 87.9 Å². The van der Waals surface area contributed by atoms with Crippen molar-refractivity contribution in [3.63, 3.8) is 0 Å². The highest BCUT2D eigenvalue weighted by Gasteiger charge is 2.53. The highest BCUT2D eigenvalue weighted by molar-refractivity contribution is 7.18. The molecule has 4 aliphatic carbocycles. The molecule has 0 saturated heterocycles. The first-order valence-corrected chi connectivity index (χ1v) is 26.7. The Labute approximate surface area is 382 Å². The van der Waals surface area contributed by atoms with E-state index in [2.05, 4.69) is 135 Å². The molecule has 0 N–H and O–H groups in total. The molecule has 1 aliphatic heterocycles. The molecule has 2 nitrogen and oxygen atoms in total. The molecule has 3 heterocycles. The molecule has 328 valence electrons. The van der Waals surface area contributed by atoms with Crippen molar-refractivity contribution in [2.24, 2.45) is 33.7 Å². The summed E-state index contributed by atoms with van der Waals surface area (Å²) in [5, 5.41) is 2.25. The normalized spacial score (nSPS) is 22.9. The second kappa shape index (κ2) is 17.6. The maximum atomic E-state index is 5.64. The number of nitrogens with zero attached hydrogens (tertiary/aromatic N) is 2. The van der Waals surface area contributed by atoms with Crippen molar-refractivity contribution in [1.82, 2.24) is 0 Å². The van der Waals surface area contributed by atoms with Crippen LogP contribution in [0.2, 0.25) is 0 Å². The van der Waals surface area contributed by atoms with Crippen molar-refractivity contribution >= 4 is 28.7 Å². The third-order valence-corrected chi connectivity index (χ3v) is 18.5. The zero-order valence-electron chi connectivity index (χ0n) is 39.6. The van der Waals surface area contributed by atoms with Crippen LogP contribution in [0.25, 0.3) is 37.4 Å². The van der Waals surface area contributed by atoms with Gasteiger partial charge < -0.3 is 0 Å². The van der Waals surface area contributed by atoms with E-state index in [0.717, 1.165) is 35.4 Å². The molecule has 0 bridgehead atoms. The lowest BCUT2D eigenvalue weighted by Crippen LogP contribution is -2.33. The smallest absolute Gasteiger partial charge is 0.151 e. The summed E-state index contributed by atoms with van der Waals surface area (Å²) in [7, 11) is 0. The van der Waals surface area contributed by atoms with E-state index in [0.29, 0.717) is 17.8 Å². The van der Waals surface area contributed by atoms with E-state index in [1.807, 2.05) is 22.7 Å². The van der Waals surface area contributed by atoms with E-state index in [4.69, 9.17) is 9.98 Å². The molecule has 0 radical (unpaired) electrons. The minimum Gasteiger partial charge on any atom is -0.253 e. The number of fused-ring (bicyclic) bond motifs is 1. The number of thiophene rings is 2. The maximum Gasteiger partial charge on any atom is 0.151 e. The van der Waals surface area contributed by atoms with Gasteiger partial charge in [0.05, 0.1) is 10.7 Å². The van der Waals surface area contributed by atoms with Gasteiger partial charge in [-0.25, -0.2) is 0 Å². The first-order chi connectivity index (χ1) is 29.9. The molecule has 1 fully saturated rings. The van der Waals surface area contributed by atoms with Crippen LogP contribution in [0.4, 0.5) is 0 Å². The summed E-state index contributed by atoms with van der Waals surface area (Å²) in [4.78, 5) is 16.7. The summed E-state index contributed by atoms with van der Waals surface area (Å²) >= 11 is 3.89. The quantitative estimate of drug-likeness (QED) is 0.107. The van der Waals surface area contributed by atoms with Crippen LogP contribution in [-0.4, -0.2) is 5.66 Å². The fourth-order valence-corrected chi connectivity index (χ4v) is 14.3. The first-order valence-electron chi connectivity index (χ1n) is 25.0. The van der Waals surface area contributed by atoms with Crippen LogP contribution in [0, 0.1) is 23.7 Å². The van der Waals surface area contributed by atoms with Crippen molar-refractivity contribution in [1.29, 1.82) is 0 Å². The Morgan fingerprint density at radius 1 is 0.742 bits per heavy atom. The topological polar surface area (TPSA) is 24.7 Å². The van der Waals surface area contributed by atoms with Gasteiger partial charge in [-0.15, -0.1) is 22.7 Å². The molecule has 9 rings (SSSR count). The molecule has 4 heteroatoms. The van der Waals surface area contributed by atoms with E-state index in [1.165, 1.54) is 125 Å². The predicted molar refractivity (Wildman–Crippen MR) is 269 cm³/mol. The van der Waals surface area contributed by atoms with Crippen molar-refractivity contribution < 1.29 is 0 Å². The van der Waals surface area contributed by atoms with E-state index in [-0.39, 0.29) is 16.5 Å². The van der Waals surface area contributed by atoms with Crippen LogP contribution < -0.4 is 10.7 Å². The van der Waals surface area contributed by atoms with Gasteiger partial charge in [0.25, 0.3) is 0 Å². The highest BCUT2D eigenvalue weighted by Crippen LogP contribution is 2.64. The van der Waals surface area contributed by atoms with Gasteiger partial charge in [-0.1, -0.05) is 162 Å². The van der Waals surface area contributed by atoms with Gasteiger partial charge in [0.1, 0.15) is 0 Å². The molecule has 4 atom stereocenters. The fourth-order valence-electron chi connectivity index (χ4n) is 12.1. The maximum absolute atomic E-state index is 5.64. The summed E-state index contributed by atoms with van der Waals surface area (Å²) < 4.78 is 0. The average molecular weight is 863 g/mol. The van der Waals surface area contributed by atoms with Gasteiger partial charge in [-0.05, 0) is 126 Å². The summed E-state index contributed by atoms with van der Waals surface area (Å²) in [6.45, 7) is 21.5. The fraction of sp³-hybridized carbons (Fsp3) is 0.552. The molecule has 1 saturated carbocycles. The zero-order chi connectivity index (χ0) is 43.4. The number of rotatable bonds is 16. The second-order valence-electron chi connectivity index (χ2n) is 21.4. The molecular weight excluding hydrogens is 789 g/mol. The standard InChI is InChI=1S/C58H74N2S2/c1-10-14-19-38(12-3)35-57(36-39(13-4)20-15-11-2)46-33-42(37(5)6)31-40-21-22-41-32-43(34-47(57)53(41)52(40)46)48-25-26-49(61-48)44-23-24-45(50-27-28-51(62-50)56(7,8)9)55-54(44)59-58(60-55)29-17-16-18-30-58/h21-28,31-34,37-40,52H,10-20,29-30,35-36H2,1-9H3. The summed E-state index contributed by atoms with van der Waals surface area (Å²) in [6.07, 6.45) is 29.3. The Balaban J connectivity index is 1.18. The summed E-state index contributed by atoms with van der Waals surface area (Å²) in [5.41, 5.74) is 11.9. The third-order valence-electron chi connectivity index (χ3n) is 15.8. The first kappa shape index (κ1) is 43.9. The van der Waals surface area contributed by atoms with Gasteiger partial charge in [-0.2, -0.15) is 0 Å². The lowest BCUT2D eigenvalue weighted by Gasteiger charge is -2.41. The number of benzene rings is 2. The van der Waals surface area contributed by atoms with Crippen LogP contribution in [-0.2, 0) is 10.8 Å². The molecule has 5 aliphatic rings. The van der Waals surface area contributed by atoms with Crippen LogP contribution >= 0.6 is 22.7 Å². The van der Waals surface area contributed by atoms with Gasteiger partial charge in [0.15, 0.2) is 5.66 Å². The largest absolute Gasteiger partial charge is 0.253 e. The Bertz CT molecular complexity index is 2490. The highest BCUT2D eigenvalue weighted by atomic mass is 32.1. The van der Waals surface area contributed by atoms with Crippen LogP contribution in [0.1, 0.15) is 186 Å². The Hall–Kier alpha value is -3.34. The van der Waals surface area contributed by atoms with Crippen LogP contribution in [0.3, 0.4) is 0 Å². The minimum absolute atomic E-state index is 0.0619.